The largest absolute Gasteiger partial charge is 0.495 e. The summed E-state index contributed by atoms with van der Waals surface area (Å²) in [5.74, 6) is -1.21. The Morgan fingerprint density at radius 2 is 1.00 bits per heavy atom. The molecule has 112 heavy (non-hydrogen) atoms. The molecule has 3 aliphatic rings. The third-order valence-corrected chi connectivity index (χ3v) is 20.3. The summed E-state index contributed by atoms with van der Waals surface area (Å²) in [5, 5.41) is 16.0. The molecule has 0 saturated carbocycles. The summed E-state index contributed by atoms with van der Waals surface area (Å²) >= 11 is 3.40. The standard InChI is InChI=1S/C38H36FN7O5.C27H32BFN2O5.C17H16BrN5O2/c1-23(47)51-22-29-28(6-5-7-32(29)46-37(49)33-25(20-41-46)18-26(19-30(33)39)38(2,3)4)31-21-45-13-12-40-35(45)34(43-31)42-27-10-8-24(9-11-27)36(48)44-14-16-50-17-15-44;1-16(32)34-15-19-20(28-35-26(5,6)27(7,8)36-28)10-9-11-22(19)31-24(33)23-17(14-30-31)12-18(13-21(23)29)25(2,3)4;18-14-11-23-6-5-19-16(23)15(21-14)20-13-3-1-12(2-4-13)17(24)22-7-9-25-10-8-22/h5-13,18-21H,14-17,22H2,1-4H3,(H,42,43);9-14H,15H2,1-8H3;1-6,11H,7-10H2,(H,20,21). The van der Waals surface area contributed by atoms with Crippen molar-refractivity contribution in [3.63, 3.8) is 0 Å². The van der Waals surface area contributed by atoms with E-state index in [1.54, 1.807) is 107 Å². The molecule has 6 aromatic heterocycles. The van der Waals surface area contributed by atoms with Gasteiger partial charge in [-0.1, -0.05) is 65.8 Å². The average molecular weight is 1590 g/mol. The number of anilines is 4. The maximum absolute atomic E-state index is 15.6. The number of ether oxygens (including phenoxy) is 4. The summed E-state index contributed by atoms with van der Waals surface area (Å²) in [7, 11) is -0.761. The van der Waals surface area contributed by atoms with Crippen molar-refractivity contribution in [2.24, 2.45) is 0 Å². The number of nitrogens with zero attached hydrogens (tertiary/aromatic N) is 12. The maximum atomic E-state index is 15.6. The average Bonchev–Trinajstić information content (AvgIpc) is 1.04. The molecule has 15 rings (SSSR count). The zero-order chi connectivity index (χ0) is 79.7. The van der Waals surface area contributed by atoms with Crippen LogP contribution in [0.5, 0.6) is 0 Å². The van der Waals surface area contributed by atoms with Gasteiger partial charge in [-0.3, -0.25) is 28.8 Å². The molecule has 0 radical (unpaired) electrons. The van der Waals surface area contributed by atoms with Gasteiger partial charge in [0.2, 0.25) is 0 Å². The zero-order valence-electron chi connectivity index (χ0n) is 64.1. The first-order chi connectivity index (χ1) is 53.3. The lowest BCUT2D eigenvalue weighted by molar-refractivity contribution is -0.143. The quantitative estimate of drug-likeness (QED) is 0.0755. The Bertz CT molecular complexity index is 5710. The number of hydrogen-bond donors (Lipinski definition) is 2. The van der Waals surface area contributed by atoms with Crippen molar-refractivity contribution >= 4 is 108 Å². The first kappa shape index (κ1) is 78.7. The molecular weight excluding hydrogens is 1500 g/mol. The Morgan fingerprint density at radius 3 is 1.46 bits per heavy atom. The Morgan fingerprint density at radius 1 is 0.571 bits per heavy atom. The number of imidazole rings is 2. The second-order valence-corrected chi connectivity index (χ2v) is 31.1. The van der Waals surface area contributed by atoms with Crippen LogP contribution in [-0.4, -0.2) is 153 Å². The fourth-order valence-corrected chi connectivity index (χ4v) is 13.4. The molecule has 3 fully saturated rings. The number of carbonyl (C=O) groups excluding carboxylic acids is 4. The molecule has 6 aromatic carbocycles. The number of halogens is 3. The summed E-state index contributed by atoms with van der Waals surface area (Å²) < 4.78 is 71.3. The Hall–Kier alpha value is -11.4. The molecule has 2 N–H and O–H groups in total. The third kappa shape index (κ3) is 16.9. The van der Waals surface area contributed by atoms with Crippen LogP contribution >= 0.6 is 15.9 Å². The van der Waals surface area contributed by atoms with Gasteiger partial charge >= 0.3 is 19.1 Å². The minimum atomic E-state index is -0.761. The molecule has 2 amide bonds. The second-order valence-electron chi connectivity index (χ2n) is 30.3. The van der Waals surface area contributed by atoms with Crippen LogP contribution in [0.15, 0.2) is 173 Å². The lowest BCUT2D eigenvalue weighted by atomic mass is 9.75. The highest BCUT2D eigenvalue weighted by Crippen LogP contribution is 2.38. The van der Waals surface area contributed by atoms with Crippen molar-refractivity contribution in [2.75, 3.05) is 63.2 Å². The van der Waals surface area contributed by atoms with Crippen LogP contribution in [0.3, 0.4) is 0 Å². The van der Waals surface area contributed by atoms with Crippen LogP contribution in [0.25, 0.3) is 55.5 Å². The Kier molecular flexibility index (Phi) is 22.6. The van der Waals surface area contributed by atoms with E-state index in [1.165, 1.54) is 38.4 Å². The normalized spacial score (nSPS) is 14.9. The maximum Gasteiger partial charge on any atom is 0.495 e. The predicted molar refractivity (Wildman–Crippen MR) is 424 cm³/mol. The van der Waals surface area contributed by atoms with Crippen LogP contribution in [-0.2, 0) is 61.9 Å². The smallest absolute Gasteiger partial charge is 0.461 e. The van der Waals surface area contributed by atoms with Crippen molar-refractivity contribution in [3.8, 4) is 22.6 Å². The molecule has 0 aliphatic carbocycles. The van der Waals surface area contributed by atoms with Gasteiger partial charge in [0, 0.05) is 127 Å². The Balaban J connectivity index is 0.000000157. The molecular formula is C82H84BBrF2N14O12. The van der Waals surface area contributed by atoms with E-state index in [0.29, 0.717) is 141 Å². The lowest BCUT2D eigenvalue weighted by Gasteiger charge is -2.32. The third-order valence-electron chi connectivity index (χ3n) is 19.9. The molecule has 3 aliphatic heterocycles. The van der Waals surface area contributed by atoms with Crippen molar-refractivity contribution in [3.05, 3.63) is 229 Å². The van der Waals surface area contributed by atoms with Crippen molar-refractivity contribution < 1.29 is 56.2 Å². The number of hydrogen-bond acceptors (Lipinski definition) is 20. The van der Waals surface area contributed by atoms with Crippen LogP contribution in [0.1, 0.15) is 126 Å². The number of morpholine rings is 2. The molecule has 30 heteroatoms. The van der Waals surface area contributed by atoms with Crippen LogP contribution in [0, 0.1) is 11.6 Å². The fraction of sp³-hybridized carbons (Fsp3) is 0.317. The SMILES string of the molecule is CC(=O)OCc1c(-c2cn3ccnc3c(Nc3ccc(C(=O)N4CCOCC4)cc3)n2)cccc1-n1ncc2cc(C(C)(C)C)cc(F)c2c1=O.CC(=O)OCc1c(B2OC(C)(C)C(C)(C)O2)cccc1-n1ncc2cc(C(C)(C)C)cc(F)c2c1=O.O=C(c1ccc(Nc2nc(Br)cn3ccnc23)cc1)N1CCOCC1. The van der Waals surface area contributed by atoms with Gasteiger partial charge < -0.3 is 57.5 Å². The number of carbonyl (C=O) groups is 4. The number of esters is 2. The van der Waals surface area contributed by atoms with E-state index in [2.05, 4.69) is 51.7 Å². The molecule has 0 atom stereocenters. The molecule has 578 valence electrons. The number of rotatable bonds is 14. The van der Waals surface area contributed by atoms with E-state index in [1.807, 2.05) is 115 Å². The lowest BCUT2D eigenvalue weighted by Crippen LogP contribution is -2.41. The highest BCUT2D eigenvalue weighted by molar-refractivity contribution is 9.10. The van der Waals surface area contributed by atoms with Gasteiger partial charge in [0.05, 0.1) is 77.9 Å². The van der Waals surface area contributed by atoms with E-state index >= 15 is 8.78 Å². The van der Waals surface area contributed by atoms with E-state index in [0.717, 1.165) is 31.8 Å². The van der Waals surface area contributed by atoms with Crippen LogP contribution in [0.2, 0.25) is 0 Å². The number of benzene rings is 6. The molecule has 12 aromatic rings. The van der Waals surface area contributed by atoms with Crippen LogP contribution < -0.4 is 27.2 Å². The predicted octanol–water partition coefficient (Wildman–Crippen LogP) is 12.7. The van der Waals surface area contributed by atoms with Gasteiger partial charge in [0.1, 0.15) is 29.5 Å². The topological polar surface area (TPSA) is 284 Å². The van der Waals surface area contributed by atoms with Gasteiger partial charge in [-0.25, -0.2) is 28.7 Å². The molecule has 3 saturated heterocycles. The van der Waals surface area contributed by atoms with Gasteiger partial charge in [0.15, 0.2) is 22.9 Å². The van der Waals surface area contributed by atoms with E-state index in [4.69, 9.17) is 33.2 Å². The van der Waals surface area contributed by atoms with Gasteiger partial charge in [-0.2, -0.15) is 19.6 Å². The molecule has 26 nitrogen and oxygen atoms in total. The monoisotopic (exact) mass is 1580 g/mol. The number of amides is 2. The van der Waals surface area contributed by atoms with Gasteiger partial charge in [0.25, 0.3) is 22.9 Å². The fourth-order valence-electron chi connectivity index (χ4n) is 13.0. The Labute approximate surface area is 652 Å². The second kappa shape index (κ2) is 32.1. The van der Waals surface area contributed by atoms with Crippen molar-refractivity contribution in [1.82, 2.24) is 58.1 Å². The molecule has 0 spiro atoms. The highest BCUT2D eigenvalue weighted by Gasteiger charge is 2.52. The van der Waals surface area contributed by atoms with Crippen molar-refractivity contribution in [1.29, 1.82) is 0 Å². The van der Waals surface area contributed by atoms with E-state index in [-0.39, 0.29) is 46.6 Å². The van der Waals surface area contributed by atoms with E-state index < -0.39 is 53.0 Å². The molecule has 0 bridgehead atoms. The summed E-state index contributed by atoms with van der Waals surface area (Å²) in [6, 6.07) is 31.3. The highest BCUT2D eigenvalue weighted by atomic mass is 79.9. The van der Waals surface area contributed by atoms with Gasteiger partial charge in [-0.05, 0) is 156 Å². The summed E-state index contributed by atoms with van der Waals surface area (Å²) in [5.41, 5.74) is 5.68. The minimum absolute atomic E-state index is 0.0334. The van der Waals surface area contributed by atoms with Gasteiger partial charge in [-0.15, -0.1) is 0 Å². The first-order valence-electron chi connectivity index (χ1n) is 36.4. The summed E-state index contributed by atoms with van der Waals surface area (Å²) in [4.78, 5) is 98.3. The summed E-state index contributed by atoms with van der Waals surface area (Å²) in [6.07, 6.45) is 13.6. The minimum Gasteiger partial charge on any atom is -0.461 e. The first-order valence-corrected chi connectivity index (χ1v) is 37.2. The van der Waals surface area contributed by atoms with E-state index in [9.17, 15) is 28.8 Å². The van der Waals surface area contributed by atoms with Crippen molar-refractivity contribution in [2.45, 2.75) is 118 Å². The van der Waals surface area contributed by atoms with Crippen LogP contribution in [0.4, 0.5) is 31.8 Å². The molecule has 0 unspecified atom stereocenters. The summed E-state index contributed by atoms with van der Waals surface area (Å²) in [6.45, 7) is 26.5. The number of aromatic nitrogens is 10. The molecule has 9 heterocycles. The number of nitrogens with one attached hydrogen (secondary N) is 2. The number of fused-ring (bicyclic) bond motifs is 4. The zero-order valence-corrected chi connectivity index (χ0v) is 65.6.